The van der Waals surface area contributed by atoms with Crippen molar-refractivity contribution in [1.82, 2.24) is 4.42 Å². The fraction of sp³-hybridized carbons (Fsp3) is 0.111. The van der Waals surface area contributed by atoms with E-state index in [4.69, 9.17) is 17.5 Å². The van der Waals surface area contributed by atoms with Crippen LogP contribution >= 0.6 is 11.8 Å². The van der Waals surface area contributed by atoms with Crippen molar-refractivity contribution < 1.29 is 9.59 Å². The summed E-state index contributed by atoms with van der Waals surface area (Å²) >= 11 is 5.47. The van der Waals surface area contributed by atoms with Crippen molar-refractivity contribution in [2.75, 3.05) is 7.05 Å². The number of halogens is 1. The lowest BCUT2D eigenvalue weighted by Crippen LogP contribution is -2.22. The first kappa shape index (κ1) is 10.5. The standard InChI is InChI=1S/C9H9ClN2O2/c1-12(10)9(14)7-5-3-2-4-6(7)8(11)13/h2-5H,1H3,(H2,11,13). The number of amides is 2. The van der Waals surface area contributed by atoms with Crippen LogP contribution in [0.15, 0.2) is 24.3 Å². The highest BCUT2D eigenvalue weighted by Gasteiger charge is 2.16. The van der Waals surface area contributed by atoms with Crippen molar-refractivity contribution in [3.8, 4) is 0 Å². The molecule has 0 radical (unpaired) electrons. The number of benzene rings is 1. The Bertz CT molecular complexity index is 377. The van der Waals surface area contributed by atoms with Gasteiger partial charge < -0.3 is 5.73 Å². The predicted octanol–water partition coefficient (Wildman–Crippen LogP) is 1.01. The number of primary amides is 1. The molecule has 0 aromatic heterocycles. The largest absolute Gasteiger partial charge is 0.366 e. The molecule has 0 spiro atoms. The molecule has 0 aliphatic rings. The van der Waals surface area contributed by atoms with E-state index in [0.717, 1.165) is 4.42 Å². The molecule has 1 rings (SSSR count). The Morgan fingerprint density at radius 2 is 1.79 bits per heavy atom. The average Bonchev–Trinajstić information content (AvgIpc) is 2.16. The second kappa shape index (κ2) is 4.11. The van der Waals surface area contributed by atoms with Gasteiger partial charge in [-0.3, -0.25) is 14.0 Å². The lowest BCUT2D eigenvalue weighted by Gasteiger charge is -2.09. The van der Waals surface area contributed by atoms with Crippen molar-refractivity contribution in [3.63, 3.8) is 0 Å². The molecular formula is C9H9ClN2O2. The van der Waals surface area contributed by atoms with E-state index in [1.54, 1.807) is 12.1 Å². The lowest BCUT2D eigenvalue weighted by atomic mass is 10.1. The van der Waals surface area contributed by atoms with Gasteiger partial charge in [0, 0.05) is 18.8 Å². The Morgan fingerprint density at radius 3 is 2.21 bits per heavy atom. The molecule has 14 heavy (non-hydrogen) atoms. The number of nitrogens with zero attached hydrogens (tertiary/aromatic N) is 1. The molecule has 4 nitrogen and oxygen atoms in total. The zero-order valence-electron chi connectivity index (χ0n) is 7.53. The topological polar surface area (TPSA) is 63.4 Å². The second-order valence-electron chi connectivity index (χ2n) is 2.69. The van der Waals surface area contributed by atoms with Crippen LogP contribution in [-0.4, -0.2) is 23.3 Å². The van der Waals surface area contributed by atoms with Gasteiger partial charge in [-0.25, -0.2) is 0 Å². The zero-order chi connectivity index (χ0) is 10.7. The number of carbonyl (C=O) groups is 2. The van der Waals surface area contributed by atoms with Gasteiger partial charge in [-0.2, -0.15) is 0 Å². The SMILES string of the molecule is CN(Cl)C(=O)c1ccccc1C(N)=O. The van der Waals surface area contributed by atoms with Gasteiger partial charge in [-0.05, 0) is 12.1 Å². The van der Waals surface area contributed by atoms with E-state index in [-0.39, 0.29) is 11.1 Å². The van der Waals surface area contributed by atoms with Gasteiger partial charge in [0.05, 0.1) is 11.1 Å². The Hall–Kier alpha value is -1.55. The molecule has 0 atom stereocenters. The van der Waals surface area contributed by atoms with Crippen LogP contribution in [0.3, 0.4) is 0 Å². The second-order valence-corrected chi connectivity index (χ2v) is 3.20. The summed E-state index contributed by atoms with van der Waals surface area (Å²) in [6, 6.07) is 6.25. The molecule has 0 saturated carbocycles. The normalized spacial score (nSPS) is 9.57. The maximum atomic E-state index is 11.5. The minimum absolute atomic E-state index is 0.171. The third kappa shape index (κ3) is 2.03. The van der Waals surface area contributed by atoms with Crippen molar-refractivity contribution >= 4 is 23.6 Å². The summed E-state index contributed by atoms with van der Waals surface area (Å²) in [7, 11) is 1.39. The summed E-state index contributed by atoms with van der Waals surface area (Å²) in [5.74, 6) is -1.10. The lowest BCUT2D eigenvalue weighted by molar-refractivity contribution is 0.0875. The van der Waals surface area contributed by atoms with Crippen LogP contribution in [0, 0.1) is 0 Å². The number of carbonyl (C=O) groups excluding carboxylic acids is 2. The Kier molecular flexibility index (Phi) is 3.09. The summed E-state index contributed by atoms with van der Waals surface area (Å²) in [4.78, 5) is 22.4. The molecule has 0 heterocycles. The summed E-state index contributed by atoms with van der Waals surface area (Å²) in [6.45, 7) is 0. The minimum atomic E-state index is -0.646. The fourth-order valence-electron chi connectivity index (χ4n) is 1.05. The van der Waals surface area contributed by atoms with E-state index < -0.39 is 11.8 Å². The van der Waals surface area contributed by atoms with Crippen molar-refractivity contribution in [1.29, 1.82) is 0 Å². The summed E-state index contributed by atoms with van der Waals surface area (Å²) < 4.78 is 0.877. The van der Waals surface area contributed by atoms with Crippen LogP contribution in [0.2, 0.25) is 0 Å². The van der Waals surface area contributed by atoms with Crippen LogP contribution < -0.4 is 5.73 Å². The molecule has 74 valence electrons. The van der Waals surface area contributed by atoms with E-state index in [0.29, 0.717) is 0 Å². The molecule has 1 aromatic rings. The van der Waals surface area contributed by atoms with Gasteiger partial charge in [0.1, 0.15) is 0 Å². The van der Waals surface area contributed by atoms with Gasteiger partial charge >= 0.3 is 0 Å². The number of hydrogen-bond donors (Lipinski definition) is 1. The smallest absolute Gasteiger partial charge is 0.268 e. The van der Waals surface area contributed by atoms with Crippen molar-refractivity contribution in [2.45, 2.75) is 0 Å². The zero-order valence-corrected chi connectivity index (χ0v) is 8.28. The van der Waals surface area contributed by atoms with Gasteiger partial charge in [0.25, 0.3) is 5.91 Å². The first-order valence-electron chi connectivity index (χ1n) is 3.86. The van der Waals surface area contributed by atoms with Gasteiger partial charge in [0.2, 0.25) is 5.91 Å². The summed E-state index contributed by atoms with van der Waals surface area (Å²) in [5.41, 5.74) is 5.48. The van der Waals surface area contributed by atoms with Crippen LogP contribution in [0.4, 0.5) is 0 Å². The Morgan fingerprint density at radius 1 is 1.29 bits per heavy atom. The molecule has 5 heteroatoms. The van der Waals surface area contributed by atoms with Crippen molar-refractivity contribution in [3.05, 3.63) is 35.4 Å². The average molecular weight is 213 g/mol. The molecule has 0 aliphatic carbocycles. The van der Waals surface area contributed by atoms with E-state index >= 15 is 0 Å². The molecule has 0 aliphatic heterocycles. The summed E-state index contributed by atoms with van der Waals surface area (Å²) in [6.07, 6.45) is 0. The van der Waals surface area contributed by atoms with Crippen LogP contribution in [0.5, 0.6) is 0 Å². The Labute approximate surface area is 86.4 Å². The van der Waals surface area contributed by atoms with E-state index in [2.05, 4.69) is 0 Å². The number of rotatable bonds is 2. The minimum Gasteiger partial charge on any atom is -0.366 e. The summed E-state index contributed by atoms with van der Waals surface area (Å²) in [5, 5.41) is 0. The van der Waals surface area contributed by atoms with Crippen molar-refractivity contribution in [2.24, 2.45) is 5.73 Å². The molecule has 0 fully saturated rings. The van der Waals surface area contributed by atoms with Gasteiger partial charge in [-0.15, -0.1) is 0 Å². The van der Waals surface area contributed by atoms with E-state index in [1.165, 1.54) is 19.2 Å². The van der Waals surface area contributed by atoms with Gasteiger partial charge in [-0.1, -0.05) is 12.1 Å². The first-order valence-corrected chi connectivity index (χ1v) is 4.20. The number of hydrogen-bond acceptors (Lipinski definition) is 2. The van der Waals surface area contributed by atoms with E-state index in [9.17, 15) is 9.59 Å². The highest BCUT2D eigenvalue weighted by atomic mass is 35.5. The number of nitrogens with two attached hydrogens (primary N) is 1. The predicted molar refractivity (Wildman–Crippen MR) is 52.9 cm³/mol. The third-order valence-corrected chi connectivity index (χ3v) is 1.86. The molecule has 2 N–H and O–H groups in total. The molecule has 2 amide bonds. The van der Waals surface area contributed by atoms with Gasteiger partial charge in [0.15, 0.2) is 0 Å². The monoisotopic (exact) mass is 212 g/mol. The molecule has 0 bridgehead atoms. The molecule has 0 unspecified atom stereocenters. The fourth-order valence-corrected chi connectivity index (χ4v) is 1.14. The highest BCUT2D eigenvalue weighted by Crippen LogP contribution is 2.11. The molecule has 1 aromatic carbocycles. The molecule has 0 saturated heterocycles. The third-order valence-electron chi connectivity index (χ3n) is 1.70. The maximum Gasteiger partial charge on any atom is 0.268 e. The van der Waals surface area contributed by atoms with Crippen LogP contribution in [0.1, 0.15) is 20.7 Å². The van der Waals surface area contributed by atoms with E-state index in [1.807, 2.05) is 0 Å². The quantitative estimate of drug-likeness (QED) is 0.744. The Balaban J connectivity index is 3.20. The first-order chi connectivity index (χ1) is 6.54. The van der Waals surface area contributed by atoms with Crippen LogP contribution in [0.25, 0.3) is 0 Å². The molecular weight excluding hydrogens is 204 g/mol. The highest BCUT2D eigenvalue weighted by molar-refractivity contribution is 6.25. The van der Waals surface area contributed by atoms with Crippen LogP contribution in [-0.2, 0) is 0 Å². The maximum absolute atomic E-state index is 11.5.